The van der Waals surface area contributed by atoms with Gasteiger partial charge < -0.3 is 9.64 Å². The molecule has 2 atom stereocenters. The molecule has 2 nitrogen and oxygen atoms in total. The molecule has 1 fully saturated rings. The summed E-state index contributed by atoms with van der Waals surface area (Å²) in [6, 6.07) is 4.51. The van der Waals surface area contributed by atoms with E-state index < -0.39 is 11.7 Å². The monoisotopic (exact) mass is 285 g/mol. The first kappa shape index (κ1) is 13.9. The van der Waals surface area contributed by atoms with Crippen LogP contribution in [0.1, 0.15) is 36.0 Å². The molecule has 0 aromatic heterocycles. The molecular weight excluding hydrogens is 267 g/mol. The quantitative estimate of drug-likeness (QED) is 0.825. The van der Waals surface area contributed by atoms with Crippen molar-refractivity contribution < 1.29 is 17.9 Å². The van der Waals surface area contributed by atoms with Crippen LogP contribution in [0.3, 0.4) is 0 Å². The topological polar surface area (TPSA) is 12.5 Å². The third-order valence-corrected chi connectivity index (χ3v) is 4.24. The maximum Gasteiger partial charge on any atom is 0.416 e. The summed E-state index contributed by atoms with van der Waals surface area (Å²) in [7, 11) is 0. The highest BCUT2D eigenvalue weighted by Gasteiger charge is 2.42. The third kappa shape index (κ3) is 2.33. The lowest BCUT2D eigenvalue weighted by atomic mass is 9.87. The number of hydrogen-bond acceptors (Lipinski definition) is 2. The summed E-state index contributed by atoms with van der Waals surface area (Å²) in [5.41, 5.74) is 0.622. The molecule has 0 unspecified atom stereocenters. The average molecular weight is 285 g/mol. The van der Waals surface area contributed by atoms with E-state index in [1.807, 2.05) is 6.07 Å². The van der Waals surface area contributed by atoms with Gasteiger partial charge in [-0.2, -0.15) is 13.2 Å². The third-order valence-electron chi connectivity index (χ3n) is 4.24. The number of fused-ring (bicyclic) bond motifs is 3. The molecule has 1 aromatic carbocycles. The van der Waals surface area contributed by atoms with E-state index in [0.717, 1.165) is 37.7 Å². The maximum atomic E-state index is 13.1. The van der Waals surface area contributed by atoms with Gasteiger partial charge in [0.15, 0.2) is 0 Å². The van der Waals surface area contributed by atoms with Crippen LogP contribution in [0.15, 0.2) is 18.2 Å². The number of nitrogens with zero attached hydrogens (tertiary/aromatic N) is 1. The van der Waals surface area contributed by atoms with Crippen molar-refractivity contribution in [3.63, 3.8) is 0 Å². The van der Waals surface area contributed by atoms with Crippen LogP contribution in [0.25, 0.3) is 0 Å². The normalized spacial score (nSPS) is 26.4. The van der Waals surface area contributed by atoms with E-state index in [0.29, 0.717) is 5.56 Å². The first-order valence-corrected chi connectivity index (χ1v) is 7.03. The fraction of sp³-hybridized carbons (Fsp3) is 0.600. The van der Waals surface area contributed by atoms with Gasteiger partial charge in [-0.25, -0.2) is 0 Å². The molecule has 110 valence electrons. The van der Waals surface area contributed by atoms with E-state index >= 15 is 0 Å². The minimum atomic E-state index is -4.30. The molecule has 1 saturated heterocycles. The van der Waals surface area contributed by atoms with Crippen molar-refractivity contribution >= 4 is 0 Å². The van der Waals surface area contributed by atoms with Crippen LogP contribution < -0.4 is 0 Å². The second kappa shape index (κ2) is 5.04. The zero-order chi connectivity index (χ0) is 14.3. The van der Waals surface area contributed by atoms with Crippen LogP contribution in [-0.4, -0.2) is 30.6 Å². The Morgan fingerprint density at radius 1 is 1.30 bits per heavy atom. The van der Waals surface area contributed by atoms with Gasteiger partial charge in [0.25, 0.3) is 0 Å². The van der Waals surface area contributed by atoms with Gasteiger partial charge in [-0.15, -0.1) is 0 Å². The van der Waals surface area contributed by atoms with Crippen LogP contribution in [0.4, 0.5) is 13.2 Å². The van der Waals surface area contributed by atoms with Crippen molar-refractivity contribution in [2.45, 2.75) is 38.1 Å². The summed E-state index contributed by atoms with van der Waals surface area (Å²) in [5, 5.41) is 0. The zero-order valence-corrected chi connectivity index (χ0v) is 11.4. The number of likely N-dealkylation sites (tertiary alicyclic amines) is 1. The Morgan fingerprint density at radius 2 is 2.10 bits per heavy atom. The number of hydrogen-bond donors (Lipinski definition) is 0. The highest BCUT2D eigenvalue weighted by molar-refractivity contribution is 5.41. The van der Waals surface area contributed by atoms with Gasteiger partial charge in [0.2, 0.25) is 0 Å². The van der Waals surface area contributed by atoms with Crippen LogP contribution in [0.2, 0.25) is 0 Å². The molecule has 0 aliphatic carbocycles. The Kier molecular flexibility index (Phi) is 3.50. The number of halogens is 3. The van der Waals surface area contributed by atoms with Gasteiger partial charge in [-0.3, -0.25) is 0 Å². The van der Waals surface area contributed by atoms with Crippen molar-refractivity contribution in [2.24, 2.45) is 0 Å². The van der Waals surface area contributed by atoms with E-state index in [2.05, 4.69) is 11.8 Å². The molecule has 2 heterocycles. The smallest absolute Gasteiger partial charge is 0.371 e. The highest BCUT2D eigenvalue weighted by atomic mass is 19.4. The molecule has 20 heavy (non-hydrogen) atoms. The minimum Gasteiger partial charge on any atom is -0.371 e. The van der Waals surface area contributed by atoms with Crippen LogP contribution in [-0.2, 0) is 17.5 Å². The summed E-state index contributed by atoms with van der Waals surface area (Å²) in [4.78, 5) is 2.28. The van der Waals surface area contributed by atoms with Crippen molar-refractivity contribution in [1.82, 2.24) is 4.90 Å². The molecule has 5 heteroatoms. The van der Waals surface area contributed by atoms with Crippen molar-refractivity contribution in [1.29, 1.82) is 0 Å². The number of rotatable bonds is 2. The molecular formula is C15H18F3NO. The number of alkyl halides is 3. The van der Waals surface area contributed by atoms with E-state index in [4.69, 9.17) is 4.74 Å². The number of benzene rings is 1. The van der Waals surface area contributed by atoms with Crippen LogP contribution in [0, 0.1) is 0 Å². The predicted octanol–water partition coefficient (Wildman–Crippen LogP) is 3.41. The Hall–Kier alpha value is -1.07. The molecule has 1 aromatic rings. The van der Waals surface area contributed by atoms with Gasteiger partial charge in [-0.05, 0) is 30.2 Å². The number of ether oxygens (including phenoxy) is 1. The second-order valence-corrected chi connectivity index (χ2v) is 5.59. The molecule has 2 aliphatic rings. The molecule has 0 radical (unpaired) electrons. The molecule has 0 saturated carbocycles. The van der Waals surface area contributed by atoms with Crippen molar-refractivity contribution in [2.75, 3.05) is 19.6 Å². The van der Waals surface area contributed by atoms with Gasteiger partial charge in [0.05, 0.1) is 18.3 Å². The van der Waals surface area contributed by atoms with Crippen LogP contribution in [0.5, 0.6) is 0 Å². The van der Waals surface area contributed by atoms with Gasteiger partial charge >= 0.3 is 6.18 Å². The summed E-state index contributed by atoms with van der Waals surface area (Å²) in [6.45, 7) is 4.79. The fourth-order valence-electron chi connectivity index (χ4n) is 3.39. The average Bonchev–Trinajstić information content (AvgIpc) is 2.80. The first-order chi connectivity index (χ1) is 9.50. The lowest BCUT2D eigenvalue weighted by molar-refractivity contribution is -0.139. The molecule has 0 N–H and O–H groups in total. The lowest BCUT2D eigenvalue weighted by Gasteiger charge is -2.29. The van der Waals surface area contributed by atoms with Crippen molar-refractivity contribution in [3.8, 4) is 0 Å². The molecule has 0 spiro atoms. The summed E-state index contributed by atoms with van der Waals surface area (Å²) in [6.07, 6.45) is -3.21. The Labute approximate surface area is 116 Å². The summed E-state index contributed by atoms with van der Waals surface area (Å²) in [5.74, 6) is 0.0765. The SMILES string of the molecule is CCCN1C[C@@H]2OCc3c(cccc3C(F)(F)F)[C@@H]2C1. The van der Waals surface area contributed by atoms with E-state index in [1.165, 1.54) is 6.07 Å². The van der Waals surface area contributed by atoms with E-state index in [1.54, 1.807) is 0 Å². The Bertz CT molecular complexity index is 500. The van der Waals surface area contributed by atoms with E-state index in [9.17, 15) is 13.2 Å². The van der Waals surface area contributed by atoms with Crippen molar-refractivity contribution in [3.05, 3.63) is 34.9 Å². The lowest BCUT2D eigenvalue weighted by Crippen LogP contribution is -2.29. The molecule has 3 rings (SSSR count). The van der Waals surface area contributed by atoms with Crippen LogP contribution >= 0.6 is 0 Å². The van der Waals surface area contributed by atoms with Gasteiger partial charge in [0, 0.05) is 19.0 Å². The molecule has 2 aliphatic heterocycles. The van der Waals surface area contributed by atoms with E-state index in [-0.39, 0.29) is 18.6 Å². The largest absolute Gasteiger partial charge is 0.416 e. The first-order valence-electron chi connectivity index (χ1n) is 7.03. The molecule has 0 bridgehead atoms. The minimum absolute atomic E-state index is 0.0394. The summed E-state index contributed by atoms with van der Waals surface area (Å²) >= 11 is 0. The maximum absolute atomic E-state index is 13.1. The zero-order valence-electron chi connectivity index (χ0n) is 11.4. The standard InChI is InChI=1S/C15H18F3NO/c1-2-6-19-7-11-10-4-3-5-13(15(16,17)18)12(10)9-20-14(11)8-19/h3-5,11,14H,2,6-9H2,1H3/t11-,14-/m0/s1. The Morgan fingerprint density at radius 3 is 2.80 bits per heavy atom. The predicted molar refractivity (Wildman–Crippen MR) is 69.5 cm³/mol. The highest BCUT2D eigenvalue weighted by Crippen LogP contribution is 2.42. The fourth-order valence-corrected chi connectivity index (χ4v) is 3.39. The molecule has 0 amide bonds. The second-order valence-electron chi connectivity index (χ2n) is 5.59. The Balaban J connectivity index is 1.94. The summed E-state index contributed by atoms with van der Waals surface area (Å²) < 4.78 is 44.9. The van der Waals surface area contributed by atoms with Gasteiger partial charge in [0.1, 0.15) is 0 Å². The van der Waals surface area contributed by atoms with Gasteiger partial charge in [-0.1, -0.05) is 19.1 Å².